The van der Waals surface area contributed by atoms with Crippen molar-refractivity contribution in [2.24, 2.45) is 0 Å². The molecule has 0 aromatic carbocycles. The summed E-state index contributed by atoms with van der Waals surface area (Å²) < 4.78 is 5.47. The van der Waals surface area contributed by atoms with E-state index in [-0.39, 0.29) is 0 Å². The maximum absolute atomic E-state index is 5.47. The molecule has 3 rings (SSSR count). The van der Waals surface area contributed by atoms with Gasteiger partial charge in [-0.25, -0.2) is 0 Å². The normalized spacial score (nSPS) is 17.8. The molecule has 2 aromatic rings. The Morgan fingerprint density at radius 3 is 3.06 bits per heavy atom. The molecule has 0 spiro atoms. The number of nitrogens with zero attached hydrogens (tertiary/aromatic N) is 1. The van der Waals surface area contributed by atoms with Gasteiger partial charge in [-0.05, 0) is 32.0 Å². The Balaban J connectivity index is 1.85. The Morgan fingerprint density at radius 1 is 1.31 bits per heavy atom. The van der Waals surface area contributed by atoms with Gasteiger partial charge in [0.15, 0.2) is 5.58 Å². The van der Waals surface area contributed by atoms with E-state index in [2.05, 4.69) is 15.6 Å². The van der Waals surface area contributed by atoms with Crippen molar-refractivity contribution in [1.29, 1.82) is 0 Å². The smallest absolute Gasteiger partial charge is 0.160 e. The fourth-order valence-electron chi connectivity index (χ4n) is 2.18. The van der Waals surface area contributed by atoms with Crippen molar-refractivity contribution in [3.63, 3.8) is 0 Å². The van der Waals surface area contributed by atoms with E-state index in [1.54, 1.807) is 6.26 Å². The van der Waals surface area contributed by atoms with Crippen molar-refractivity contribution in [3.05, 3.63) is 24.7 Å². The van der Waals surface area contributed by atoms with E-state index in [0.29, 0.717) is 6.04 Å². The van der Waals surface area contributed by atoms with E-state index in [4.69, 9.17) is 4.42 Å². The molecule has 1 aliphatic rings. The number of anilines is 1. The molecule has 2 aromatic heterocycles. The quantitative estimate of drug-likeness (QED) is 0.807. The molecule has 0 radical (unpaired) electrons. The predicted molar refractivity (Wildman–Crippen MR) is 63.5 cm³/mol. The van der Waals surface area contributed by atoms with Crippen LogP contribution < -0.4 is 10.6 Å². The summed E-state index contributed by atoms with van der Waals surface area (Å²) in [5, 5.41) is 7.92. The summed E-state index contributed by atoms with van der Waals surface area (Å²) in [5.74, 6) is 0. The molecule has 0 aliphatic carbocycles. The molecule has 16 heavy (non-hydrogen) atoms. The number of aromatic nitrogens is 1. The number of rotatable bonds is 2. The van der Waals surface area contributed by atoms with Crippen molar-refractivity contribution < 1.29 is 4.42 Å². The zero-order chi connectivity index (χ0) is 10.8. The molecule has 4 nitrogen and oxygen atoms in total. The van der Waals surface area contributed by atoms with E-state index in [1.165, 1.54) is 0 Å². The van der Waals surface area contributed by atoms with Gasteiger partial charge in [-0.15, -0.1) is 0 Å². The van der Waals surface area contributed by atoms with Crippen LogP contribution in [0.5, 0.6) is 0 Å². The van der Waals surface area contributed by atoms with Crippen LogP contribution in [0.4, 0.5) is 5.69 Å². The van der Waals surface area contributed by atoms with Crippen molar-refractivity contribution in [2.45, 2.75) is 18.9 Å². The molecule has 0 unspecified atom stereocenters. The number of hydrogen-bond donors (Lipinski definition) is 2. The van der Waals surface area contributed by atoms with Gasteiger partial charge >= 0.3 is 0 Å². The van der Waals surface area contributed by atoms with Gasteiger partial charge in [0.25, 0.3) is 0 Å². The van der Waals surface area contributed by atoms with Crippen LogP contribution in [-0.2, 0) is 0 Å². The number of fused-ring (bicyclic) bond motifs is 1. The Kier molecular flexibility index (Phi) is 2.50. The highest BCUT2D eigenvalue weighted by atomic mass is 16.3. The standard InChI is InChI=1S/C12H15N3O/c1-4-13-5-2-10(1)15-11-8-14-7-9-3-6-16-12(9)11/h3,6-8,10,13,15H,1-2,4-5H2. The first-order valence-electron chi connectivity index (χ1n) is 5.72. The highest BCUT2D eigenvalue weighted by Crippen LogP contribution is 2.24. The fourth-order valence-corrected chi connectivity index (χ4v) is 2.18. The lowest BCUT2D eigenvalue weighted by Gasteiger charge is -2.24. The largest absolute Gasteiger partial charge is 0.462 e. The van der Waals surface area contributed by atoms with E-state index >= 15 is 0 Å². The van der Waals surface area contributed by atoms with Crippen LogP contribution >= 0.6 is 0 Å². The minimum absolute atomic E-state index is 0.527. The third kappa shape index (κ3) is 1.76. The fraction of sp³-hybridized carbons (Fsp3) is 0.417. The number of hydrogen-bond acceptors (Lipinski definition) is 4. The van der Waals surface area contributed by atoms with E-state index in [0.717, 1.165) is 42.6 Å². The van der Waals surface area contributed by atoms with Crippen LogP contribution in [0.25, 0.3) is 11.0 Å². The highest BCUT2D eigenvalue weighted by Gasteiger charge is 2.14. The van der Waals surface area contributed by atoms with Crippen molar-refractivity contribution in [2.75, 3.05) is 18.4 Å². The zero-order valence-corrected chi connectivity index (χ0v) is 9.07. The third-order valence-electron chi connectivity index (χ3n) is 3.06. The topological polar surface area (TPSA) is 50.1 Å². The monoisotopic (exact) mass is 217 g/mol. The molecule has 0 saturated carbocycles. The van der Waals surface area contributed by atoms with Gasteiger partial charge in [-0.3, -0.25) is 4.98 Å². The van der Waals surface area contributed by atoms with Crippen LogP contribution in [0, 0.1) is 0 Å². The van der Waals surface area contributed by atoms with Crippen LogP contribution in [0.2, 0.25) is 0 Å². The van der Waals surface area contributed by atoms with Gasteiger partial charge in [-0.1, -0.05) is 0 Å². The molecule has 0 amide bonds. The SMILES string of the molecule is c1cc2cncc(NC3CCNCC3)c2o1. The summed E-state index contributed by atoms with van der Waals surface area (Å²) in [4.78, 5) is 4.21. The van der Waals surface area contributed by atoms with Crippen LogP contribution in [0.3, 0.4) is 0 Å². The molecule has 3 heterocycles. The molecule has 1 saturated heterocycles. The predicted octanol–water partition coefficient (Wildman–Crippen LogP) is 1.99. The molecule has 2 N–H and O–H groups in total. The van der Waals surface area contributed by atoms with Crippen molar-refractivity contribution in [1.82, 2.24) is 10.3 Å². The number of piperidine rings is 1. The van der Waals surface area contributed by atoms with Crippen LogP contribution in [-0.4, -0.2) is 24.1 Å². The van der Waals surface area contributed by atoms with Gasteiger partial charge in [-0.2, -0.15) is 0 Å². The van der Waals surface area contributed by atoms with Gasteiger partial charge in [0, 0.05) is 17.6 Å². The summed E-state index contributed by atoms with van der Waals surface area (Å²) in [5.41, 5.74) is 1.92. The molecule has 1 aliphatic heterocycles. The second-order valence-corrected chi connectivity index (χ2v) is 4.19. The minimum atomic E-state index is 0.527. The molecule has 0 atom stereocenters. The zero-order valence-electron chi connectivity index (χ0n) is 9.07. The number of furan rings is 1. The van der Waals surface area contributed by atoms with Gasteiger partial charge < -0.3 is 15.1 Å². The average molecular weight is 217 g/mol. The second kappa shape index (κ2) is 4.14. The molecular formula is C12H15N3O. The van der Waals surface area contributed by atoms with E-state index < -0.39 is 0 Å². The molecule has 1 fully saturated rings. The lowest BCUT2D eigenvalue weighted by molar-refractivity contribution is 0.478. The minimum Gasteiger partial charge on any atom is -0.462 e. The Bertz CT molecular complexity index is 474. The molecule has 84 valence electrons. The van der Waals surface area contributed by atoms with E-state index in [1.807, 2.05) is 18.5 Å². The maximum atomic E-state index is 5.47. The van der Waals surface area contributed by atoms with Crippen LogP contribution in [0.1, 0.15) is 12.8 Å². The Labute approximate surface area is 94.0 Å². The van der Waals surface area contributed by atoms with Gasteiger partial charge in [0.05, 0.1) is 18.1 Å². The van der Waals surface area contributed by atoms with Gasteiger partial charge in [0.2, 0.25) is 0 Å². The van der Waals surface area contributed by atoms with Gasteiger partial charge in [0.1, 0.15) is 0 Å². The summed E-state index contributed by atoms with van der Waals surface area (Å²) >= 11 is 0. The third-order valence-corrected chi connectivity index (χ3v) is 3.06. The Morgan fingerprint density at radius 2 is 2.19 bits per heavy atom. The summed E-state index contributed by atoms with van der Waals surface area (Å²) in [6.45, 7) is 2.17. The summed E-state index contributed by atoms with van der Waals surface area (Å²) in [7, 11) is 0. The first-order chi connectivity index (χ1) is 7.93. The highest BCUT2D eigenvalue weighted by molar-refractivity contribution is 5.87. The summed E-state index contributed by atoms with van der Waals surface area (Å²) in [6, 6.07) is 2.47. The van der Waals surface area contributed by atoms with Crippen molar-refractivity contribution in [3.8, 4) is 0 Å². The number of nitrogens with one attached hydrogen (secondary N) is 2. The number of pyridine rings is 1. The molecule has 4 heteroatoms. The lowest BCUT2D eigenvalue weighted by Crippen LogP contribution is -2.35. The second-order valence-electron chi connectivity index (χ2n) is 4.19. The molecule has 0 bridgehead atoms. The Hall–Kier alpha value is -1.55. The summed E-state index contributed by atoms with van der Waals surface area (Å²) in [6.07, 6.45) is 7.68. The first-order valence-corrected chi connectivity index (χ1v) is 5.72. The first kappa shape index (κ1) is 9.66. The van der Waals surface area contributed by atoms with E-state index in [9.17, 15) is 0 Å². The van der Waals surface area contributed by atoms with Crippen molar-refractivity contribution >= 4 is 16.7 Å². The lowest BCUT2D eigenvalue weighted by atomic mass is 10.1. The average Bonchev–Trinajstić information content (AvgIpc) is 2.80. The molecular weight excluding hydrogens is 202 g/mol. The van der Waals surface area contributed by atoms with Crippen LogP contribution in [0.15, 0.2) is 29.1 Å². The maximum Gasteiger partial charge on any atom is 0.160 e.